The average Bonchev–Trinajstić information content (AvgIpc) is 2.44. The summed E-state index contributed by atoms with van der Waals surface area (Å²) >= 11 is 0. The van der Waals surface area contributed by atoms with Crippen LogP contribution in [0.1, 0.15) is 21.6 Å². The number of hydrogen-bond acceptors (Lipinski definition) is 3. The van der Waals surface area contributed by atoms with Gasteiger partial charge in [-0.2, -0.15) is 13.2 Å². The second-order valence-corrected chi connectivity index (χ2v) is 4.57. The summed E-state index contributed by atoms with van der Waals surface area (Å²) in [6.07, 6.45) is -3.67. The zero-order chi connectivity index (χ0) is 16.5. The van der Waals surface area contributed by atoms with E-state index in [-0.39, 0.29) is 22.3 Å². The molecule has 116 valence electrons. The number of ether oxygens (including phenoxy) is 1. The SMILES string of the molecule is COC(=O)c1cc(F)cc(-c2c(C)ccnc2C(F)(F)F)c1. The number of rotatable bonds is 2. The number of benzene rings is 1. The largest absolute Gasteiger partial charge is 0.465 e. The van der Waals surface area contributed by atoms with Crippen molar-refractivity contribution in [2.24, 2.45) is 0 Å². The Morgan fingerprint density at radius 2 is 1.91 bits per heavy atom. The van der Waals surface area contributed by atoms with Gasteiger partial charge in [0.1, 0.15) is 5.82 Å². The van der Waals surface area contributed by atoms with Crippen molar-refractivity contribution < 1.29 is 27.1 Å². The summed E-state index contributed by atoms with van der Waals surface area (Å²) in [4.78, 5) is 14.8. The first-order chi connectivity index (χ1) is 10.2. The second kappa shape index (κ2) is 5.75. The van der Waals surface area contributed by atoms with E-state index >= 15 is 0 Å². The Balaban J connectivity index is 2.72. The molecule has 0 radical (unpaired) electrons. The first-order valence-electron chi connectivity index (χ1n) is 6.16. The van der Waals surface area contributed by atoms with E-state index in [1.807, 2.05) is 0 Å². The molecule has 0 saturated carbocycles. The Kier molecular flexibility index (Phi) is 4.16. The van der Waals surface area contributed by atoms with Crippen LogP contribution in [0.15, 0.2) is 30.5 Å². The van der Waals surface area contributed by atoms with Gasteiger partial charge in [-0.1, -0.05) is 0 Å². The van der Waals surface area contributed by atoms with Crippen LogP contribution in [0.25, 0.3) is 11.1 Å². The summed E-state index contributed by atoms with van der Waals surface area (Å²) in [5.41, 5.74) is -1.38. The number of carbonyl (C=O) groups excluding carboxylic acids is 1. The fourth-order valence-electron chi connectivity index (χ4n) is 2.11. The van der Waals surface area contributed by atoms with Crippen molar-refractivity contribution in [3.05, 3.63) is 53.1 Å². The maximum absolute atomic E-state index is 13.7. The monoisotopic (exact) mass is 313 g/mol. The van der Waals surface area contributed by atoms with E-state index in [0.29, 0.717) is 0 Å². The van der Waals surface area contributed by atoms with Crippen LogP contribution in [0, 0.1) is 12.7 Å². The van der Waals surface area contributed by atoms with Gasteiger partial charge in [-0.05, 0) is 42.3 Å². The third kappa shape index (κ3) is 3.08. The van der Waals surface area contributed by atoms with Crippen molar-refractivity contribution in [1.82, 2.24) is 4.98 Å². The third-order valence-corrected chi connectivity index (χ3v) is 3.04. The van der Waals surface area contributed by atoms with Crippen LogP contribution in [-0.2, 0) is 10.9 Å². The lowest BCUT2D eigenvalue weighted by molar-refractivity contribution is -0.140. The first kappa shape index (κ1) is 15.9. The molecule has 0 aliphatic heterocycles. The second-order valence-electron chi connectivity index (χ2n) is 4.57. The third-order valence-electron chi connectivity index (χ3n) is 3.04. The fourth-order valence-corrected chi connectivity index (χ4v) is 2.11. The van der Waals surface area contributed by atoms with Crippen molar-refractivity contribution in [1.29, 1.82) is 0 Å². The Labute approximate surface area is 123 Å². The molecule has 22 heavy (non-hydrogen) atoms. The highest BCUT2D eigenvalue weighted by molar-refractivity contribution is 5.91. The number of hydrogen-bond donors (Lipinski definition) is 0. The van der Waals surface area contributed by atoms with Gasteiger partial charge in [0.2, 0.25) is 0 Å². The van der Waals surface area contributed by atoms with Gasteiger partial charge in [0.05, 0.1) is 12.7 Å². The molecule has 0 amide bonds. The quantitative estimate of drug-likeness (QED) is 0.621. The lowest BCUT2D eigenvalue weighted by atomic mass is 9.97. The van der Waals surface area contributed by atoms with Crippen molar-refractivity contribution in [3.63, 3.8) is 0 Å². The van der Waals surface area contributed by atoms with Crippen LogP contribution in [0.4, 0.5) is 17.6 Å². The van der Waals surface area contributed by atoms with Crippen LogP contribution in [-0.4, -0.2) is 18.1 Å². The minimum atomic E-state index is -4.70. The Morgan fingerprint density at radius 1 is 1.23 bits per heavy atom. The van der Waals surface area contributed by atoms with E-state index in [0.717, 1.165) is 31.5 Å². The van der Waals surface area contributed by atoms with Gasteiger partial charge >= 0.3 is 12.1 Å². The molecule has 0 atom stereocenters. The average molecular weight is 313 g/mol. The van der Waals surface area contributed by atoms with Crippen LogP contribution in [0.5, 0.6) is 0 Å². The van der Waals surface area contributed by atoms with E-state index < -0.39 is 23.7 Å². The molecule has 0 aliphatic carbocycles. The number of halogens is 4. The van der Waals surface area contributed by atoms with Crippen molar-refractivity contribution >= 4 is 5.97 Å². The van der Waals surface area contributed by atoms with E-state index in [1.165, 1.54) is 13.0 Å². The number of carbonyl (C=O) groups is 1. The zero-order valence-electron chi connectivity index (χ0n) is 11.7. The lowest BCUT2D eigenvalue weighted by Crippen LogP contribution is -2.11. The number of pyridine rings is 1. The number of esters is 1. The molecule has 0 fully saturated rings. The lowest BCUT2D eigenvalue weighted by Gasteiger charge is -2.15. The zero-order valence-corrected chi connectivity index (χ0v) is 11.7. The molecule has 0 aliphatic rings. The fraction of sp³-hybridized carbons (Fsp3) is 0.200. The summed E-state index contributed by atoms with van der Waals surface area (Å²) in [6.45, 7) is 1.45. The van der Waals surface area contributed by atoms with Gasteiger partial charge < -0.3 is 4.74 Å². The predicted octanol–water partition coefficient (Wildman–Crippen LogP) is 4.00. The topological polar surface area (TPSA) is 39.2 Å². The molecule has 3 nitrogen and oxygen atoms in total. The highest BCUT2D eigenvalue weighted by Gasteiger charge is 2.36. The van der Waals surface area contributed by atoms with Crippen LogP contribution >= 0.6 is 0 Å². The van der Waals surface area contributed by atoms with Gasteiger partial charge in [0, 0.05) is 11.8 Å². The summed E-state index contributed by atoms with van der Waals surface area (Å²) in [5.74, 6) is -1.68. The Morgan fingerprint density at radius 3 is 2.50 bits per heavy atom. The number of methoxy groups -OCH3 is 1. The minimum Gasteiger partial charge on any atom is -0.465 e. The molecule has 1 aromatic carbocycles. The van der Waals surface area contributed by atoms with E-state index in [2.05, 4.69) is 9.72 Å². The van der Waals surface area contributed by atoms with Gasteiger partial charge in [-0.3, -0.25) is 4.98 Å². The summed E-state index contributed by atoms with van der Waals surface area (Å²) in [6, 6.07) is 4.35. The highest BCUT2D eigenvalue weighted by Crippen LogP contribution is 2.37. The summed E-state index contributed by atoms with van der Waals surface area (Å²) in [5, 5.41) is 0. The van der Waals surface area contributed by atoms with Crippen LogP contribution in [0.3, 0.4) is 0 Å². The summed E-state index contributed by atoms with van der Waals surface area (Å²) in [7, 11) is 1.10. The molecule has 1 aromatic heterocycles. The smallest absolute Gasteiger partial charge is 0.433 e. The molecule has 0 unspecified atom stereocenters. The molecular weight excluding hydrogens is 302 g/mol. The normalized spacial score (nSPS) is 11.4. The molecule has 0 N–H and O–H groups in total. The molecule has 0 saturated heterocycles. The Hall–Kier alpha value is -2.44. The Bertz CT molecular complexity index is 726. The molecule has 0 spiro atoms. The van der Waals surface area contributed by atoms with Gasteiger partial charge in [-0.15, -0.1) is 0 Å². The highest BCUT2D eigenvalue weighted by atomic mass is 19.4. The van der Waals surface area contributed by atoms with Crippen molar-refractivity contribution in [2.45, 2.75) is 13.1 Å². The van der Waals surface area contributed by atoms with Gasteiger partial charge in [0.15, 0.2) is 5.69 Å². The molecular formula is C15H11F4NO2. The molecule has 2 rings (SSSR count). The maximum Gasteiger partial charge on any atom is 0.433 e. The molecule has 2 aromatic rings. The van der Waals surface area contributed by atoms with Crippen molar-refractivity contribution in [2.75, 3.05) is 7.11 Å². The molecule has 0 bridgehead atoms. The molecule has 1 heterocycles. The van der Waals surface area contributed by atoms with E-state index in [9.17, 15) is 22.4 Å². The maximum atomic E-state index is 13.7. The van der Waals surface area contributed by atoms with Crippen LogP contribution in [0.2, 0.25) is 0 Å². The predicted molar refractivity (Wildman–Crippen MR) is 70.7 cm³/mol. The number of aryl methyl sites for hydroxylation is 1. The number of nitrogens with zero attached hydrogens (tertiary/aromatic N) is 1. The number of alkyl halides is 3. The van der Waals surface area contributed by atoms with Crippen LogP contribution < -0.4 is 0 Å². The van der Waals surface area contributed by atoms with Gasteiger partial charge in [-0.25, -0.2) is 9.18 Å². The standard InChI is InChI=1S/C15H11F4NO2/c1-8-3-4-20-13(15(17,18)19)12(8)9-5-10(14(21)22-2)7-11(16)6-9/h3-7H,1-2H3. The van der Waals surface area contributed by atoms with E-state index in [1.54, 1.807) is 0 Å². The van der Waals surface area contributed by atoms with Gasteiger partial charge in [0.25, 0.3) is 0 Å². The van der Waals surface area contributed by atoms with Crippen molar-refractivity contribution in [3.8, 4) is 11.1 Å². The van der Waals surface area contributed by atoms with E-state index in [4.69, 9.17) is 0 Å². The number of aromatic nitrogens is 1. The summed E-state index contributed by atoms with van der Waals surface area (Å²) < 4.78 is 57.4. The minimum absolute atomic E-state index is 0.0849. The molecule has 7 heteroatoms. The first-order valence-corrected chi connectivity index (χ1v) is 6.16.